The number of hydrogen-bond acceptors (Lipinski definition) is 6. The van der Waals surface area contributed by atoms with E-state index < -0.39 is 0 Å². The van der Waals surface area contributed by atoms with Gasteiger partial charge in [0, 0.05) is 30.9 Å². The lowest BCUT2D eigenvalue weighted by molar-refractivity contribution is 0.0950. The van der Waals surface area contributed by atoms with Gasteiger partial charge in [-0.1, -0.05) is 6.07 Å². The van der Waals surface area contributed by atoms with Gasteiger partial charge in [0.1, 0.15) is 17.6 Å². The number of carbonyl (C=O) groups is 1. The normalized spacial score (nSPS) is 10.3. The number of rotatable bonds is 5. The highest BCUT2D eigenvalue weighted by Crippen LogP contribution is 2.24. The molecule has 3 rings (SSSR count). The first-order valence-corrected chi connectivity index (χ1v) is 8.18. The Morgan fingerprint density at radius 1 is 1.19 bits per heavy atom. The first-order chi connectivity index (χ1) is 12.6. The van der Waals surface area contributed by atoms with Gasteiger partial charge in [0.25, 0.3) is 5.91 Å². The van der Waals surface area contributed by atoms with Crippen LogP contribution < -0.4 is 10.6 Å². The van der Waals surface area contributed by atoms with Crippen LogP contribution in [0.25, 0.3) is 10.9 Å². The Kier molecular flexibility index (Phi) is 5.04. The predicted octanol–water partition coefficient (Wildman–Crippen LogP) is 2.36. The molecule has 0 aliphatic heterocycles. The Bertz CT molecular complexity index is 994. The van der Waals surface area contributed by atoms with Crippen LogP contribution in [0.15, 0.2) is 36.8 Å². The molecule has 0 atom stereocenters. The third kappa shape index (κ3) is 3.75. The van der Waals surface area contributed by atoms with Crippen LogP contribution in [-0.2, 0) is 0 Å². The van der Waals surface area contributed by atoms with Gasteiger partial charge in [0.2, 0.25) is 0 Å². The summed E-state index contributed by atoms with van der Waals surface area (Å²) in [5.74, 6) is 0.219. The van der Waals surface area contributed by atoms with E-state index in [1.54, 1.807) is 0 Å². The van der Waals surface area contributed by atoms with Crippen LogP contribution in [0.2, 0.25) is 0 Å². The number of nitrogens with one attached hydrogen (secondary N) is 2. The fourth-order valence-corrected chi connectivity index (χ4v) is 2.71. The summed E-state index contributed by atoms with van der Waals surface area (Å²) in [5, 5.41) is 16.2. The van der Waals surface area contributed by atoms with Crippen LogP contribution in [0.1, 0.15) is 27.2 Å². The van der Waals surface area contributed by atoms with E-state index >= 15 is 0 Å². The van der Waals surface area contributed by atoms with Crippen molar-refractivity contribution in [3.8, 4) is 6.07 Å². The predicted molar refractivity (Wildman–Crippen MR) is 98.8 cm³/mol. The van der Waals surface area contributed by atoms with Crippen molar-refractivity contribution in [2.45, 2.75) is 13.8 Å². The topological polar surface area (TPSA) is 104 Å². The van der Waals surface area contributed by atoms with Gasteiger partial charge in [0.15, 0.2) is 0 Å². The number of carbonyl (C=O) groups excluding carboxylic acids is 1. The van der Waals surface area contributed by atoms with E-state index in [9.17, 15) is 10.1 Å². The number of nitriles is 1. The highest BCUT2D eigenvalue weighted by atomic mass is 16.1. The molecule has 3 aromatic rings. The minimum Gasteiger partial charge on any atom is -0.367 e. The molecule has 2 aromatic heterocycles. The zero-order valence-corrected chi connectivity index (χ0v) is 14.6. The number of benzene rings is 1. The summed E-state index contributed by atoms with van der Waals surface area (Å²) < 4.78 is 0. The average Bonchev–Trinajstić information content (AvgIpc) is 2.65. The number of fused-ring (bicyclic) bond motifs is 1. The van der Waals surface area contributed by atoms with Crippen molar-refractivity contribution in [1.29, 1.82) is 5.26 Å². The first-order valence-electron chi connectivity index (χ1n) is 8.18. The van der Waals surface area contributed by atoms with Gasteiger partial charge in [-0.3, -0.25) is 9.78 Å². The van der Waals surface area contributed by atoms with E-state index in [4.69, 9.17) is 0 Å². The van der Waals surface area contributed by atoms with Crippen LogP contribution in [-0.4, -0.2) is 33.9 Å². The van der Waals surface area contributed by atoms with E-state index in [1.165, 1.54) is 18.6 Å². The molecule has 7 heteroatoms. The fraction of sp³-hybridized carbons (Fsp3) is 0.211. The van der Waals surface area contributed by atoms with E-state index in [0.717, 1.165) is 22.0 Å². The summed E-state index contributed by atoms with van der Waals surface area (Å²) in [4.78, 5) is 24.3. The molecule has 2 heterocycles. The number of hydrogen-bond donors (Lipinski definition) is 2. The lowest BCUT2D eigenvalue weighted by atomic mass is 10.0. The second-order valence-corrected chi connectivity index (χ2v) is 5.92. The second-order valence-electron chi connectivity index (χ2n) is 5.92. The zero-order valence-electron chi connectivity index (χ0n) is 14.6. The van der Waals surface area contributed by atoms with Gasteiger partial charge in [0.05, 0.1) is 17.3 Å². The van der Waals surface area contributed by atoms with Crippen molar-refractivity contribution in [3.05, 3.63) is 59.2 Å². The molecule has 1 aromatic carbocycles. The molecule has 0 aliphatic carbocycles. The number of nitrogens with zero attached hydrogens (tertiary/aromatic N) is 4. The summed E-state index contributed by atoms with van der Waals surface area (Å²) in [5.41, 5.74) is 3.79. The van der Waals surface area contributed by atoms with Gasteiger partial charge >= 0.3 is 0 Å². The molecule has 0 fully saturated rings. The molecule has 0 spiro atoms. The molecule has 0 bridgehead atoms. The molecule has 0 aliphatic rings. The second kappa shape index (κ2) is 7.57. The lowest BCUT2D eigenvalue weighted by Gasteiger charge is -2.11. The Labute approximate surface area is 151 Å². The van der Waals surface area contributed by atoms with Crippen LogP contribution in [0.5, 0.6) is 0 Å². The standard InChI is InChI=1S/C19H18N6O/c1-12-7-13(2)15-9-14(10-20)18(25-16(15)8-12)23-5-6-24-19(26)17-11-21-3-4-22-17/h3-4,7-9,11H,5-6H2,1-2H3,(H,23,25)(H,24,26). The lowest BCUT2D eigenvalue weighted by Crippen LogP contribution is -2.29. The van der Waals surface area contributed by atoms with Gasteiger partial charge in [-0.15, -0.1) is 0 Å². The van der Waals surface area contributed by atoms with Crippen molar-refractivity contribution in [2.24, 2.45) is 0 Å². The maximum absolute atomic E-state index is 11.9. The van der Waals surface area contributed by atoms with Gasteiger partial charge in [-0.25, -0.2) is 9.97 Å². The number of anilines is 1. The SMILES string of the molecule is Cc1cc(C)c2cc(C#N)c(NCCNC(=O)c3cnccn3)nc2c1. The Balaban J connectivity index is 1.69. The molecule has 1 amide bonds. The monoisotopic (exact) mass is 346 g/mol. The largest absolute Gasteiger partial charge is 0.367 e. The smallest absolute Gasteiger partial charge is 0.271 e. The van der Waals surface area contributed by atoms with Gasteiger partial charge < -0.3 is 10.6 Å². The molecular weight excluding hydrogens is 328 g/mol. The molecule has 0 unspecified atom stereocenters. The maximum atomic E-state index is 11.9. The Morgan fingerprint density at radius 2 is 2.04 bits per heavy atom. The molecule has 2 N–H and O–H groups in total. The van der Waals surface area contributed by atoms with E-state index in [-0.39, 0.29) is 11.6 Å². The zero-order chi connectivity index (χ0) is 18.5. The number of aryl methyl sites for hydroxylation is 2. The highest BCUT2D eigenvalue weighted by Gasteiger charge is 2.09. The number of amides is 1. The molecule has 0 saturated carbocycles. The van der Waals surface area contributed by atoms with Crippen LogP contribution in [0.4, 0.5) is 5.82 Å². The van der Waals surface area contributed by atoms with E-state index in [0.29, 0.717) is 24.5 Å². The molecule has 130 valence electrons. The Morgan fingerprint density at radius 3 is 2.77 bits per heavy atom. The summed E-state index contributed by atoms with van der Waals surface area (Å²) in [6.45, 7) is 4.82. The van der Waals surface area contributed by atoms with Crippen molar-refractivity contribution in [2.75, 3.05) is 18.4 Å². The molecular formula is C19H18N6O. The van der Waals surface area contributed by atoms with Crippen LogP contribution in [0.3, 0.4) is 0 Å². The number of pyridine rings is 1. The molecule has 0 saturated heterocycles. The molecule has 7 nitrogen and oxygen atoms in total. The minimum atomic E-state index is -0.293. The van der Waals surface area contributed by atoms with E-state index in [2.05, 4.69) is 37.7 Å². The van der Waals surface area contributed by atoms with Crippen LogP contribution in [0, 0.1) is 25.2 Å². The fourth-order valence-electron chi connectivity index (χ4n) is 2.71. The van der Waals surface area contributed by atoms with Crippen molar-refractivity contribution >= 4 is 22.6 Å². The molecule has 0 radical (unpaired) electrons. The van der Waals surface area contributed by atoms with Crippen LogP contribution >= 0.6 is 0 Å². The summed E-state index contributed by atoms with van der Waals surface area (Å²) in [7, 11) is 0. The van der Waals surface area contributed by atoms with Crippen molar-refractivity contribution in [1.82, 2.24) is 20.3 Å². The van der Waals surface area contributed by atoms with Gasteiger partial charge in [-0.2, -0.15) is 5.26 Å². The molecule has 26 heavy (non-hydrogen) atoms. The van der Waals surface area contributed by atoms with Gasteiger partial charge in [-0.05, 0) is 37.1 Å². The third-order valence-corrected chi connectivity index (χ3v) is 3.90. The van der Waals surface area contributed by atoms with Crippen molar-refractivity contribution in [3.63, 3.8) is 0 Å². The number of aromatic nitrogens is 3. The minimum absolute atomic E-state index is 0.264. The highest BCUT2D eigenvalue weighted by molar-refractivity contribution is 5.91. The van der Waals surface area contributed by atoms with E-state index in [1.807, 2.05) is 26.0 Å². The maximum Gasteiger partial charge on any atom is 0.271 e. The van der Waals surface area contributed by atoms with Crippen molar-refractivity contribution < 1.29 is 4.79 Å². The summed E-state index contributed by atoms with van der Waals surface area (Å²) >= 11 is 0. The summed E-state index contributed by atoms with van der Waals surface area (Å²) in [6, 6.07) is 8.08. The summed E-state index contributed by atoms with van der Waals surface area (Å²) in [6.07, 6.45) is 4.39. The first kappa shape index (κ1) is 17.3. The Hall–Kier alpha value is -3.53. The third-order valence-electron chi connectivity index (χ3n) is 3.90. The average molecular weight is 346 g/mol. The quantitative estimate of drug-likeness (QED) is 0.687.